The van der Waals surface area contributed by atoms with Gasteiger partial charge in [-0.05, 0) is 50.8 Å². The van der Waals surface area contributed by atoms with Crippen molar-refractivity contribution in [2.45, 2.75) is 44.8 Å². The van der Waals surface area contributed by atoms with Crippen LogP contribution in [0.5, 0.6) is 5.75 Å². The molecule has 2 rings (SSSR count). The number of rotatable bonds is 10. The number of hydrogen-bond donors (Lipinski definition) is 2. The lowest BCUT2D eigenvalue weighted by molar-refractivity contribution is -0.348. The van der Waals surface area contributed by atoms with Crippen LogP contribution in [0.4, 0.5) is 36.4 Å². The van der Waals surface area contributed by atoms with Crippen molar-refractivity contribution >= 4 is 39.4 Å². The molecule has 0 aliphatic rings. The molecule has 40 heavy (non-hydrogen) atoms. The third-order valence-electron chi connectivity index (χ3n) is 5.52. The van der Waals surface area contributed by atoms with Gasteiger partial charge in [0, 0.05) is 23.0 Å². The van der Waals surface area contributed by atoms with Crippen molar-refractivity contribution in [1.29, 1.82) is 0 Å². The highest BCUT2D eigenvalue weighted by Crippen LogP contribution is 2.53. The summed E-state index contributed by atoms with van der Waals surface area (Å²) in [4.78, 5) is 26.2. The maximum atomic E-state index is 14.4. The second-order valence-electron chi connectivity index (χ2n) is 8.58. The highest BCUT2D eigenvalue weighted by molar-refractivity contribution is 7.98. The fraction of sp³-hybridized carbons (Fsp3) is 0.417. The quantitative estimate of drug-likeness (QED) is 0.260. The smallest absolute Gasteiger partial charge is 0.382 e. The molecule has 2 N–H and O–H groups in total. The normalized spacial score (nSPS) is 13.5. The number of hydrogen-bond acceptors (Lipinski definition) is 6. The average Bonchev–Trinajstić information content (AvgIpc) is 2.82. The molecule has 0 fully saturated rings. The Labute approximate surface area is 230 Å². The van der Waals surface area contributed by atoms with Gasteiger partial charge in [0.25, 0.3) is 11.8 Å². The van der Waals surface area contributed by atoms with E-state index in [1.54, 1.807) is 13.2 Å². The number of aryl methyl sites for hydroxylation is 1. The van der Waals surface area contributed by atoms with E-state index < -0.39 is 74.2 Å². The van der Waals surface area contributed by atoms with E-state index in [0.29, 0.717) is 17.9 Å². The van der Waals surface area contributed by atoms with Crippen LogP contribution < -0.4 is 14.8 Å². The van der Waals surface area contributed by atoms with E-state index in [4.69, 9.17) is 4.18 Å². The first-order valence-corrected chi connectivity index (χ1v) is 14.4. The predicted octanol–water partition coefficient (Wildman–Crippen LogP) is 5.75. The van der Waals surface area contributed by atoms with E-state index in [9.17, 15) is 48.7 Å². The van der Waals surface area contributed by atoms with Crippen molar-refractivity contribution in [2.24, 2.45) is 0 Å². The highest BCUT2D eigenvalue weighted by Gasteiger charge is 2.73. The van der Waals surface area contributed by atoms with Crippen LogP contribution in [0, 0.1) is 6.92 Å². The zero-order valence-electron chi connectivity index (χ0n) is 21.5. The van der Waals surface area contributed by atoms with Gasteiger partial charge < -0.3 is 14.8 Å². The number of halogens is 7. The van der Waals surface area contributed by atoms with E-state index in [1.807, 2.05) is 0 Å². The standard InChI is InChI=1S/C24H25F7N2O5S2/c1-5-40(36,37)38-18-8-6-7-16(19(18)21(35)32-14(3)12-39-4)20(34)33-17-10-9-15(11-13(17)2)22(25,23(26,27)28)24(29,30)31/h6-11,14H,5,12H2,1-4H3,(H,32,35)(H,33,34). The third-order valence-corrected chi connectivity index (χ3v) is 7.49. The number of amides is 2. The van der Waals surface area contributed by atoms with Crippen LogP contribution in [0.1, 0.15) is 45.7 Å². The molecule has 2 aromatic carbocycles. The summed E-state index contributed by atoms with van der Waals surface area (Å²) in [5.74, 6) is -2.44. The molecule has 0 spiro atoms. The van der Waals surface area contributed by atoms with E-state index in [1.165, 1.54) is 24.8 Å². The summed E-state index contributed by atoms with van der Waals surface area (Å²) >= 11 is 1.40. The van der Waals surface area contributed by atoms with Crippen molar-refractivity contribution in [1.82, 2.24) is 5.32 Å². The molecule has 0 saturated heterocycles. The molecule has 16 heteroatoms. The molecule has 0 bridgehead atoms. The largest absolute Gasteiger partial charge is 0.435 e. The number of thioether (sulfide) groups is 1. The molecule has 7 nitrogen and oxygen atoms in total. The Balaban J connectivity index is 2.55. The summed E-state index contributed by atoms with van der Waals surface area (Å²) in [6.07, 6.45) is -10.9. The van der Waals surface area contributed by atoms with Gasteiger partial charge in [0.05, 0.1) is 16.9 Å². The third kappa shape index (κ3) is 7.19. The minimum Gasteiger partial charge on any atom is -0.382 e. The topological polar surface area (TPSA) is 102 Å². The Morgan fingerprint density at radius 3 is 2.10 bits per heavy atom. The monoisotopic (exact) mass is 618 g/mol. The Morgan fingerprint density at radius 1 is 1.00 bits per heavy atom. The molecule has 0 aliphatic carbocycles. The molecule has 2 amide bonds. The second kappa shape index (κ2) is 12.2. The molecule has 0 aliphatic heterocycles. The molecule has 0 radical (unpaired) electrons. The first kappa shape index (κ1) is 33.2. The fourth-order valence-corrected chi connectivity index (χ4v) is 4.62. The summed E-state index contributed by atoms with van der Waals surface area (Å²) in [5.41, 5.74) is -8.95. The average molecular weight is 619 g/mol. The maximum absolute atomic E-state index is 14.4. The van der Waals surface area contributed by atoms with Crippen LogP contribution in [-0.4, -0.2) is 56.4 Å². The summed E-state index contributed by atoms with van der Waals surface area (Å²) in [5, 5.41) is 4.84. The van der Waals surface area contributed by atoms with Crippen LogP contribution in [0.15, 0.2) is 36.4 Å². The predicted molar refractivity (Wildman–Crippen MR) is 136 cm³/mol. The minimum atomic E-state index is -6.32. The van der Waals surface area contributed by atoms with Crippen molar-refractivity contribution in [3.63, 3.8) is 0 Å². The molecular formula is C24H25F7N2O5S2. The first-order chi connectivity index (χ1) is 18.3. The Bertz CT molecular complexity index is 1350. The van der Waals surface area contributed by atoms with E-state index in [2.05, 4.69) is 10.6 Å². The fourth-order valence-electron chi connectivity index (χ4n) is 3.50. The molecular weight excluding hydrogens is 593 g/mol. The lowest BCUT2D eigenvalue weighted by atomic mass is 9.92. The summed E-state index contributed by atoms with van der Waals surface area (Å²) < 4.78 is 122. The number of alkyl halides is 7. The zero-order chi connectivity index (χ0) is 30.7. The Kier molecular flexibility index (Phi) is 10.2. The minimum absolute atomic E-state index is 0.231. The SMILES string of the molecule is CCS(=O)(=O)Oc1cccc(C(=O)Nc2ccc(C(F)(C(F)(F)F)C(F)(F)F)cc2C)c1C(=O)NC(C)CSC. The van der Waals surface area contributed by atoms with Gasteiger partial charge in [-0.2, -0.15) is 46.5 Å². The molecule has 0 aromatic heterocycles. The van der Waals surface area contributed by atoms with E-state index >= 15 is 0 Å². The van der Waals surface area contributed by atoms with Gasteiger partial charge in [-0.25, -0.2) is 4.39 Å². The second-order valence-corrected chi connectivity index (χ2v) is 11.3. The van der Waals surface area contributed by atoms with Crippen molar-refractivity contribution < 1.29 is 52.9 Å². The van der Waals surface area contributed by atoms with Crippen molar-refractivity contribution in [3.05, 3.63) is 58.7 Å². The number of benzene rings is 2. The number of carbonyl (C=O) groups is 2. The Hall–Kier alpha value is -3.01. The van der Waals surface area contributed by atoms with Gasteiger partial charge in [-0.1, -0.05) is 18.2 Å². The summed E-state index contributed by atoms with van der Waals surface area (Å²) in [7, 11) is -4.15. The number of nitrogens with one attached hydrogen (secondary N) is 2. The molecule has 222 valence electrons. The summed E-state index contributed by atoms with van der Waals surface area (Å²) in [6.45, 7) is 3.97. The molecule has 1 unspecified atom stereocenters. The van der Waals surface area contributed by atoms with E-state index in [-0.39, 0.29) is 17.3 Å². The van der Waals surface area contributed by atoms with Gasteiger partial charge in [0.2, 0.25) is 0 Å². The number of anilines is 1. The van der Waals surface area contributed by atoms with Gasteiger partial charge in [0.15, 0.2) is 5.75 Å². The van der Waals surface area contributed by atoms with Crippen molar-refractivity contribution in [2.75, 3.05) is 23.1 Å². The van der Waals surface area contributed by atoms with E-state index in [0.717, 1.165) is 19.1 Å². The Morgan fingerprint density at radius 2 is 1.60 bits per heavy atom. The highest BCUT2D eigenvalue weighted by atomic mass is 32.2. The van der Waals surface area contributed by atoms with Crippen LogP contribution >= 0.6 is 11.8 Å². The lowest BCUT2D eigenvalue weighted by Gasteiger charge is -2.30. The lowest BCUT2D eigenvalue weighted by Crippen LogP contribution is -2.50. The van der Waals surface area contributed by atoms with Crippen LogP contribution in [0.3, 0.4) is 0 Å². The van der Waals surface area contributed by atoms with Gasteiger partial charge in [0.1, 0.15) is 0 Å². The number of carbonyl (C=O) groups excluding carboxylic acids is 2. The van der Waals surface area contributed by atoms with Gasteiger partial charge in [-0.15, -0.1) is 0 Å². The van der Waals surface area contributed by atoms with Crippen LogP contribution in [-0.2, 0) is 15.8 Å². The van der Waals surface area contributed by atoms with Gasteiger partial charge in [-0.3, -0.25) is 9.59 Å². The maximum Gasteiger partial charge on any atom is 0.435 e. The van der Waals surface area contributed by atoms with Crippen LogP contribution in [0.25, 0.3) is 0 Å². The first-order valence-electron chi connectivity index (χ1n) is 11.4. The van der Waals surface area contributed by atoms with Crippen molar-refractivity contribution in [3.8, 4) is 5.75 Å². The van der Waals surface area contributed by atoms with Crippen LogP contribution in [0.2, 0.25) is 0 Å². The molecule has 0 saturated carbocycles. The van der Waals surface area contributed by atoms with Gasteiger partial charge >= 0.3 is 28.1 Å². The zero-order valence-corrected chi connectivity index (χ0v) is 23.1. The molecule has 0 heterocycles. The summed E-state index contributed by atoms with van der Waals surface area (Å²) in [6, 6.07) is 4.23. The molecule has 2 aromatic rings. The molecule has 1 atom stereocenters.